The van der Waals surface area contributed by atoms with Crippen LogP contribution in [-0.4, -0.2) is 74.7 Å². The maximum absolute atomic E-state index is 13.0. The standard InChI is InChI=1S/C23H34N4O4S/c1-18(28)27-21-9-8-20(32(30,31)26-13-6-7-14-26)16-19(21)17-22(27)23(29)24-10-15-25-11-4-2-3-5-12-25/h8-9,16,22H,2-7,10-15,17H2,1H3,(H,24,29)/t22-/m0/s1. The summed E-state index contributed by atoms with van der Waals surface area (Å²) in [6, 6.07) is 4.23. The molecule has 3 aliphatic rings. The minimum absolute atomic E-state index is 0.185. The number of sulfonamides is 1. The number of carbonyl (C=O) groups excluding carboxylic acids is 2. The predicted molar refractivity (Wildman–Crippen MR) is 123 cm³/mol. The first-order chi connectivity index (χ1) is 15.4. The largest absolute Gasteiger partial charge is 0.353 e. The maximum Gasteiger partial charge on any atom is 0.243 e. The van der Waals surface area contributed by atoms with Crippen LogP contribution < -0.4 is 10.2 Å². The minimum atomic E-state index is -3.54. The number of rotatable bonds is 6. The summed E-state index contributed by atoms with van der Waals surface area (Å²) in [6.07, 6.45) is 7.02. The molecule has 3 heterocycles. The van der Waals surface area contributed by atoms with E-state index < -0.39 is 16.1 Å². The molecular formula is C23H34N4O4S. The van der Waals surface area contributed by atoms with Gasteiger partial charge in [-0.05, 0) is 62.5 Å². The molecule has 0 unspecified atom stereocenters. The van der Waals surface area contributed by atoms with Gasteiger partial charge in [-0.25, -0.2) is 8.42 Å². The Morgan fingerprint density at radius 2 is 1.66 bits per heavy atom. The van der Waals surface area contributed by atoms with Crippen LogP contribution in [0.2, 0.25) is 0 Å². The molecule has 0 radical (unpaired) electrons. The van der Waals surface area contributed by atoms with E-state index in [2.05, 4.69) is 10.2 Å². The van der Waals surface area contributed by atoms with Gasteiger partial charge in [0.1, 0.15) is 6.04 Å². The number of nitrogens with one attached hydrogen (secondary N) is 1. The Labute approximate surface area is 191 Å². The molecule has 2 saturated heterocycles. The molecular weight excluding hydrogens is 428 g/mol. The lowest BCUT2D eigenvalue weighted by molar-refractivity contribution is -0.125. The van der Waals surface area contributed by atoms with Crippen LogP contribution >= 0.6 is 0 Å². The Balaban J connectivity index is 1.44. The lowest BCUT2D eigenvalue weighted by Crippen LogP contribution is -2.48. The molecule has 1 aromatic carbocycles. The van der Waals surface area contributed by atoms with Crippen LogP contribution in [0, 0.1) is 0 Å². The van der Waals surface area contributed by atoms with Gasteiger partial charge in [0.25, 0.3) is 0 Å². The van der Waals surface area contributed by atoms with Crippen LogP contribution in [-0.2, 0) is 26.0 Å². The van der Waals surface area contributed by atoms with Crippen molar-refractivity contribution in [1.82, 2.24) is 14.5 Å². The SMILES string of the molecule is CC(=O)N1c2ccc(S(=O)(=O)N3CCCC3)cc2C[C@H]1C(=O)NCCN1CCCCCC1. The van der Waals surface area contributed by atoms with E-state index in [0.29, 0.717) is 31.7 Å². The highest BCUT2D eigenvalue weighted by atomic mass is 32.2. The van der Waals surface area contributed by atoms with E-state index in [4.69, 9.17) is 0 Å². The second-order valence-corrected chi connectivity index (χ2v) is 11.0. The smallest absolute Gasteiger partial charge is 0.243 e. The fraction of sp³-hybridized carbons (Fsp3) is 0.652. The summed E-state index contributed by atoms with van der Waals surface area (Å²) in [5.74, 6) is -0.401. The van der Waals surface area contributed by atoms with Gasteiger partial charge in [0, 0.05) is 45.2 Å². The molecule has 176 valence electrons. The van der Waals surface area contributed by atoms with Gasteiger partial charge >= 0.3 is 0 Å². The third-order valence-electron chi connectivity index (χ3n) is 6.81. The second kappa shape index (κ2) is 9.89. The molecule has 0 saturated carbocycles. The van der Waals surface area contributed by atoms with E-state index in [1.54, 1.807) is 18.2 Å². The summed E-state index contributed by atoms with van der Waals surface area (Å²) < 4.78 is 27.4. The Bertz CT molecular complexity index is 951. The van der Waals surface area contributed by atoms with E-state index in [0.717, 1.165) is 38.0 Å². The van der Waals surface area contributed by atoms with Gasteiger partial charge in [-0.3, -0.25) is 14.5 Å². The van der Waals surface area contributed by atoms with Crippen molar-refractivity contribution in [2.24, 2.45) is 0 Å². The number of fused-ring (bicyclic) bond motifs is 1. The van der Waals surface area contributed by atoms with Crippen LogP contribution in [0.4, 0.5) is 5.69 Å². The van der Waals surface area contributed by atoms with Gasteiger partial charge in [0.15, 0.2) is 0 Å². The average molecular weight is 463 g/mol. The van der Waals surface area contributed by atoms with Crippen molar-refractivity contribution in [1.29, 1.82) is 0 Å². The molecule has 3 aliphatic heterocycles. The monoisotopic (exact) mass is 462 g/mol. The van der Waals surface area contributed by atoms with E-state index in [9.17, 15) is 18.0 Å². The van der Waals surface area contributed by atoms with Gasteiger partial charge in [0.05, 0.1) is 4.90 Å². The van der Waals surface area contributed by atoms with E-state index in [1.807, 2.05) is 0 Å². The molecule has 2 amide bonds. The first-order valence-corrected chi connectivity index (χ1v) is 13.2. The summed E-state index contributed by atoms with van der Waals surface area (Å²) in [5.41, 5.74) is 1.36. The Hall–Kier alpha value is -1.97. The quantitative estimate of drug-likeness (QED) is 0.696. The number of hydrogen-bond acceptors (Lipinski definition) is 5. The van der Waals surface area contributed by atoms with Crippen molar-refractivity contribution in [2.75, 3.05) is 44.2 Å². The molecule has 4 rings (SSSR count). The minimum Gasteiger partial charge on any atom is -0.353 e. The molecule has 1 N–H and O–H groups in total. The number of nitrogens with zero attached hydrogens (tertiary/aromatic N) is 3. The van der Waals surface area contributed by atoms with Gasteiger partial charge in [0.2, 0.25) is 21.8 Å². The zero-order chi connectivity index (χ0) is 22.7. The number of anilines is 1. The molecule has 0 bridgehead atoms. The second-order valence-electron chi connectivity index (χ2n) is 9.06. The summed E-state index contributed by atoms with van der Waals surface area (Å²) in [6.45, 7) is 6.02. The van der Waals surface area contributed by atoms with Gasteiger partial charge in [-0.2, -0.15) is 4.31 Å². The first-order valence-electron chi connectivity index (χ1n) is 11.8. The average Bonchev–Trinajstić information content (AvgIpc) is 3.37. The topological polar surface area (TPSA) is 90.0 Å². The third kappa shape index (κ3) is 4.84. The van der Waals surface area contributed by atoms with Gasteiger partial charge in [-0.15, -0.1) is 0 Å². The number of carbonyl (C=O) groups is 2. The predicted octanol–water partition coefficient (Wildman–Crippen LogP) is 1.74. The van der Waals surface area contributed by atoms with Gasteiger partial charge in [-0.1, -0.05) is 12.8 Å². The van der Waals surface area contributed by atoms with Crippen LogP contribution in [0.25, 0.3) is 0 Å². The van der Waals surface area contributed by atoms with Crippen molar-refractivity contribution < 1.29 is 18.0 Å². The van der Waals surface area contributed by atoms with Crippen molar-refractivity contribution in [3.8, 4) is 0 Å². The molecule has 0 aromatic heterocycles. The zero-order valence-corrected chi connectivity index (χ0v) is 19.7. The van der Waals surface area contributed by atoms with Crippen LogP contribution in [0.15, 0.2) is 23.1 Å². The van der Waals surface area contributed by atoms with Crippen molar-refractivity contribution in [3.05, 3.63) is 23.8 Å². The Morgan fingerprint density at radius 1 is 1.00 bits per heavy atom. The molecule has 32 heavy (non-hydrogen) atoms. The van der Waals surface area contributed by atoms with Crippen molar-refractivity contribution in [2.45, 2.75) is 62.8 Å². The van der Waals surface area contributed by atoms with E-state index >= 15 is 0 Å². The summed E-state index contributed by atoms with van der Waals surface area (Å²) in [5, 5.41) is 3.00. The molecule has 0 spiro atoms. The number of amides is 2. The van der Waals surface area contributed by atoms with Crippen molar-refractivity contribution in [3.63, 3.8) is 0 Å². The maximum atomic E-state index is 13.0. The first kappa shape index (κ1) is 23.2. The van der Waals surface area contributed by atoms with E-state index in [-0.39, 0.29) is 16.7 Å². The summed E-state index contributed by atoms with van der Waals surface area (Å²) >= 11 is 0. The Kier molecular flexibility index (Phi) is 7.17. The van der Waals surface area contributed by atoms with Crippen LogP contribution in [0.1, 0.15) is 51.0 Å². The third-order valence-corrected chi connectivity index (χ3v) is 8.70. The zero-order valence-electron chi connectivity index (χ0n) is 18.9. The van der Waals surface area contributed by atoms with Crippen LogP contribution in [0.5, 0.6) is 0 Å². The summed E-state index contributed by atoms with van der Waals surface area (Å²) in [7, 11) is -3.54. The lowest BCUT2D eigenvalue weighted by atomic mass is 10.1. The highest BCUT2D eigenvalue weighted by Crippen LogP contribution is 2.35. The van der Waals surface area contributed by atoms with Crippen LogP contribution in [0.3, 0.4) is 0 Å². The number of likely N-dealkylation sites (tertiary alicyclic amines) is 1. The molecule has 9 heteroatoms. The lowest BCUT2D eigenvalue weighted by Gasteiger charge is -2.25. The fourth-order valence-electron chi connectivity index (χ4n) is 5.08. The molecule has 1 aromatic rings. The highest BCUT2D eigenvalue weighted by Gasteiger charge is 2.38. The Morgan fingerprint density at radius 3 is 2.31 bits per heavy atom. The molecule has 8 nitrogen and oxygen atoms in total. The molecule has 2 fully saturated rings. The fourth-order valence-corrected chi connectivity index (χ4v) is 6.65. The molecule has 0 aliphatic carbocycles. The molecule has 1 atom stereocenters. The normalized spacial score (nSPS) is 22.5. The summed E-state index contributed by atoms with van der Waals surface area (Å²) in [4.78, 5) is 29.5. The van der Waals surface area contributed by atoms with E-state index in [1.165, 1.54) is 41.8 Å². The van der Waals surface area contributed by atoms with Crippen molar-refractivity contribution >= 4 is 27.5 Å². The number of benzene rings is 1. The van der Waals surface area contributed by atoms with Gasteiger partial charge < -0.3 is 10.2 Å². The highest BCUT2D eigenvalue weighted by molar-refractivity contribution is 7.89. The number of hydrogen-bond donors (Lipinski definition) is 1.